The summed E-state index contributed by atoms with van der Waals surface area (Å²) in [6, 6.07) is -0.523. The summed E-state index contributed by atoms with van der Waals surface area (Å²) in [6.07, 6.45) is 1.22. The number of alkyl carbamates (subject to hydrolysis) is 1. The number of carbonyl (C=O) groups excluding carboxylic acids is 3. The first kappa shape index (κ1) is 19.4. The minimum absolute atomic E-state index is 0.0262. The summed E-state index contributed by atoms with van der Waals surface area (Å²) in [5, 5.41) is 5.64. The number of hydrogen-bond acceptors (Lipinski definition) is 5. The fourth-order valence-electron chi connectivity index (χ4n) is 2.57. The molecule has 0 spiro atoms. The van der Waals surface area contributed by atoms with Crippen LogP contribution in [0.5, 0.6) is 0 Å². The van der Waals surface area contributed by atoms with Gasteiger partial charge in [0.2, 0.25) is 11.8 Å². The van der Waals surface area contributed by atoms with Crippen molar-refractivity contribution in [2.24, 2.45) is 0 Å². The summed E-state index contributed by atoms with van der Waals surface area (Å²) in [6.45, 7) is 10.1. The fraction of sp³-hybridized carbons (Fsp3) is 0.812. The lowest BCUT2D eigenvalue weighted by Crippen LogP contribution is -2.45. The Labute approximate surface area is 138 Å². The molecule has 0 aromatic carbocycles. The number of hydrogen-bond donors (Lipinski definition) is 2. The molecule has 1 saturated heterocycles. The van der Waals surface area contributed by atoms with E-state index in [0.717, 1.165) is 12.8 Å². The maximum absolute atomic E-state index is 12.3. The van der Waals surface area contributed by atoms with Crippen LogP contribution in [-0.2, 0) is 14.3 Å². The summed E-state index contributed by atoms with van der Waals surface area (Å²) in [5.74, 6) is -0.290. The molecule has 1 heterocycles. The van der Waals surface area contributed by atoms with Crippen molar-refractivity contribution < 1.29 is 19.1 Å². The SMILES string of the molecule is CCC(CC)N1C(=O)CC(NCCNC(=O)OC(C)(C)C)C1=O. The van der Waals surface area contributed by atoms with Crippen LogP contribution in [0.3, 0.4) is 0 Å². The highest BCUT2D eigenvalue weighted by Crippen LogP contribution is 2.19. The van der Waals surface area contributed by atoms with Gasteiger partial charge in [-0.05, 0) is 33.6 Å². The second kappa shape index (κ2) is 8.29. The number of carbonyl (C=O) groups is 3. The Balaban J connectivity index is 2.38. The molecule has 3 amide bonds. The molecule has 1 aliphatic rings. The molecule has 0 radical (unpaired) electrons. The third kappa shape index (κ3) is 5.82. The highest BCUT2D eigenvalue weighted by Gasteiger charge is 2.40. The molecule has 0 saturated carbocycles. The maximum atomic E-state index is 12.3. The van der Waals surface area contributed by atoms with Gasteiger partial charge < -0.3 is 15.4 Å². The molecular formula is C16H29N3O4. The Morgan fingerprint density at radius 3 is 2.39 bits per heavy atom. The lowest BCUT2D eigenvalue weighted by Gasteiger charge is -2.24. The minimum atomic E-state index is -0.541. The van der Waals surface area contributed by atoms with Crippen molar-refractivity contribution in [2.75, 3.05) is 13.1 Å². The third-order valence-corrected chi connectivity index (χ3v) is 3.67. The van der Waals surface area contributed by atoms with Crippen molar-refractivity contribution in [1.82, 2.24) is 15.5 Å². The topological polar surface area (TPSA) is 87.7 Å². The Morgan fingerprint density at radius 1 is 1.26 bits per heavy atom. The predicted octanol–water partition coefficient (Wildman–Crippen LogP) is 1.42. The zero-order valence-electron chi connectivity index (χ0n) is 14.8. The van der Waals surface area contributed by atoms with E-state index in [1.807, 2.05) is 13.8 Å². The number of nitrogens with zero attached hydrogens (tertiary/aromatic N) is 1. The zero-order valence-corrected chi connectivity index (χ0v) is 14.8. The summed E-state index contributed by atoms with van der Waals surface area (Å²) in [5.41, 5.74) is -0.541. The number of nitrogens with one attached hydrogen (secondary N) is 2. The number of imide groups is 1. The summed E-state index contributed by atoms with van der Waals surface area (Å²) < 4.78 is 5.12. The van der Waals surface area contributed by atoms with Crippen molar-refractivity contribution in [3.05, 3.63) is 0 Å². The molecule has 1 fully saturated rings. The summed E-state index contributed by atoms with van der Waals surface area (Å²) in [4.78, 5) is 37.2. The smallest absolute Gasteiger partial charge is 0.407 e. The largest absolute Gasteiger partial charge is 0.444 e. The summed E-state index contributed by atoms with van der Waals surface area (Å²) >= 11 is 0. The second-order valence-electron chi connectivity index (χ2n) is 6.71. The van der Waals surface area contributed by atoms with Gasteiger partial charge in [-0.2, -0.15) is 0 Å². The number of ether oxygens (including phenoxy) is 1. The Morgan fingerprint density at radius 2 is 1.87 bits per heavy atom. The van der Waals surface area contributed by atoms with Gasteiger partial charge in [0, 0.05) is 19.1 Å². The first-order valence-electron chi connectivity index (χ1n) is 8.25. The summed E-state index contributed by atoms with van der Waals surface area (Å²) in [7, 11) is 0. The molecule has 1 atom stereocenters. The van der Waals surface area contributed by atoms with E-state index in [4.69, 9.17) is 4.74 Å². The average molecular weight is 327 g/mol. The van der Waals surface area contributed by atoms with Gasteiger partial charge in [-0.3, -0.25) is 14.5 Å². The van der Waals surface area contributed by atoms with Crippen molar-refractivity contribution in [3.8, 4) is 0 Å². The maximum Gasteiger partial charge on any atom is 0.407 e. The standard InChI is InChI=1S/C16H29N3O4/c1-6-11(7-2)19-13(20)10-12(14(19)21)17-8-9-18-15(22)23-16(3,4)5/h11-12,17H,6-10H2,1-5H3,(H,18,22). The van der Waals surface area contributed by atoms with Gasteiger partial charge >= 0.3 is 6.09 Å². The number of likely N-dealkylation sites (tertiary alicyclic amines) is 1. The molecular weight excluding hydrogens is 298 g/mol. The third-order valence-electron chi connectivity index (χ3n) is 3.67. The first-order chi connectivity index (χ1) is 10.7. The lowest BCUT2D eigenvalue weighted by atomic mass is 10.1. The van der Waals surface area contributed by atoms with Gasteiger partial charge in [-0.1, -0.05) is 13.8 Å². The van der Waals surface area contributed by atoms with Crippen LogP contribution >= 0.6 is 0 Å². The van der Waals surface area contributed by atoms with E-state index in [9.17, 15) is 14.4 Å². The Bertz CT molecular complexity index is 441. The van der Waals surface area contributed by atoms with Crippen LogP contribution in [0.15, 0.2) is 0 Å². The Hall–Kier alpha value is -1.63. The van der Waals surface area contributed by atoms with Crippen molar-refractivity contribution in [2.45, 2.75) is 71.6 Å². The van der Waals surface area contributed by atoms with Gasteiger partial charge in [0.15, 0.2) is 0 Å². The van der Waals surface area contributed by atoms with Crippen LogP contribution in [0.4, 0.5) is 4.79 Å². The van der Waals surface area contributed by atoms with Crippen LogP contribution < -0.4 is 10.6 Å². The van der Waals surface area contributed by atoms with Gasteiger partial charge in [0.25, 0.3) is 0 Å². The molecule has 23 heavy (non-hydrogen) atoms. The van der Waals surface area contributed by atoms with Gasteiger partial charge in [0.1, 0.15) is 5.60 Å². The molecule has 2 N–H and O–H groups in total. The molecule has 1 rings (SSSR count). The van der Waals surface area contributed by atoms with Crippen molar-refractivity contribution in [3.63, 3.8) is 0 Å². The normalized spacial score (nSPS) is 18.7. The molecule has 1 aliphatic heterocycles. The fourth-order valence-corrected chi connectivity index (χ4v) is 2.57. The van der Waals surface area contributed by atoms with E-state index >= 15 is 0 Å². The second-order valence-corrected chi connectivity index (χ2v) is 6.71. The molecule has 7 nitrogen and oxygen atoms in total. The van der Waals surface area contributed by atoms with Crippen LogP contribution in [-0.4, -0.2) is 53.6 Å². The van der Waals surface area contributed by atoms with Crippen molar-refractivity contribution in [1.29, 1.82) is 0 Å². The molecule has 0 bridgehead atoms. The van der Waals surface area contributed by atoms with Gasteiger partial charge in [-0.25, -0.2) is 4.79 Å². The highest BCUT2D eigenvalue weighted by molar-refractivity contribution is 6.05. The molecule has 7 heteroatoms. The minimum Gasteiger partial charge on any atom is -0.444 e. The van der Waals surface area contributed by atoms with Crippen LogP contribution in [0.1, 0.15) is 53.9 Å². The van der Waals surface area contributed by atoms with E-state index in [-0.39, 0.29) is 24.3 Å². The molecule has 0 aromatic rings. The lowest BCUT2D eigenvalue weighted by molar-refractivity contribution is -0.141. The number of rotatable bonds is 7. The molecule has 0 aromatic heterocycles. The predicted molar refractivity (Wildman–Crippen MR) is 86.9 cm³/mol. The first-order valence-corrected chi connectivity index (χ1v) is 8.25. The highest BCUT2D eigenvalue weighted by atomic mass is 16.6. The quantitative estimate of drug-likeness (QED) is 0.545. The van der Waals surface area contributed by atoms with Crippen LogP contribution in [0.25, 0.3) is 0 Å². The number of amides is 3. The monoisotopic (exact) mass is 327 g/mol. The molecule has 0 aliphatic carbocycles. The van der Waals surface area contributed by atoms with Gasteiger partial charge in [-0.15, -0.1) is 0 Å². The zero-order chi connectivity index (χ0) is 17.6. The molecule has 1 unspecified atom stereocenters. The van der Waals surface area contributed by atoms with E-state index in [0.29, 0.717) is 13.1 Å². The van der Waals surface area contributed by atoms with E-state index in [2.05, 4.69) is 10.6 Å². The van der Waals surface area contributed by atoms with Crippen LogP contribution in [0.2, 0.25) is 0 Å². The molecule has 132 valence electrons. The van der Waals surface area contributed by atoms with E-state index in [1.54, 1.807) is 20.8 Å². The van der Waals surface area contributed by atoms with Gasteiger partial charge in [0.05, 0.1) is 12.5 Å². The average Bonchev–Trinajstić information content (AvgIpc) is 2.71. The Kier molecular flexibility index (Phi) is 7.00. The van der Waals surface area contributed by atoms with E-state index in [1.165, 1.54) is 4.90 Å². The van der Waals surface area contributed by atoms with Crippen molar-refractivity contribution >= 4 is 17.9 Å². The van der Waals surface area contributed by atoms with Crippen LogP contribution in [0, 0.1) is 0 Å². The van der Waals surface area contributed by atoms with E-state index < -0.39 is 17.7 Å².